The molecule has 1 aliphatic rings. The summed E-state index contributed by atoms with van der Waals surface area (Å²) in [5, 5.41) is 5.06. The van der Waals surface area contributed by atoms with Crippen LogP contribution in [0, 0.1) is 0 Å². The summed E-state index contributed by atoms with van der Waals surface area (Å²) in [5.41, 5.74) is 0. The standard InChI is InChI=1S/C13H20N2O4S2/c1-2-19-10-5-7-15(8-6-10)12(16)9-11-3-4-13(20-11)21(14,17)18/h3-4,10H,2,5-9H2,1H3,(H2,14,17,18). The number of carbonyl (C=O) groups excluding carboxylic acids is 1. The number of hydrogen-bond acceptors (Lipinski definition) is 5. The molecule has 0 atom stereocenters. The molecule has 2 N–H and O–H groups in total. The highest BCUT2D eigenvalue weighted by atomic mass is 32.2. The summed E-state index contributed by atoms with van der Waals surface area (Å²) in [4.78, 5) is 14.7. The Morgan fingerprint density at radius 3 is 2.62 bits per heavy atom. The SMILES string of the molecule is CCOC1CCN(C(=O)Cc2ccc(S(N)(=O)=O)s2)CC1. The first-order valence-corrected chi connectivity index (χ1v) is 9.27. The van der Waals surface area contributed by atoms with Crippen LogP contribution in [-0.4, -0.2) is 45.0 Å². The first-order valence-electron chi connectivity index (χ1n) is 6.91. The van der Waals surface area contributed by atoms with E-state index in [9.17, 15) is 13.2 Å². The van der Waals surface area contributed by atoms with Crippen molar-refractivity contribution in [2.45, 2.75) is 36.5 Å². The lowest BCUT2D eigenvalue weighted by atomic mass is 10.1. The summed E-state index contributed by atoms with van der Waals surface area (Å²) < 4.78 is 28.1. The van der Waals surface area contributed by atoms with E-state index in [0.29, 0.717) is 19.7 Å². The minimum atomic E-state index is -3.68. The average molecular weight is 332 g/mol. The van der Waals surface area contributed by atoms with Crippen molar-refractivity contribution in [2.24, 2.45) is 5.14 Å². The zero-order chi connectivity index (χ0) is 15.5. The van der Waals surface area contributed by atoms with Gasteiger partial charge < -0.3 is 9.64 Å². The van der Waals surface area contributed by atoms with Crippen LogP contribution in [0.5, 0.6) is 0 Å². The van der Waals surface area contributed by atoms with Crippen molar-refractivity contribution < 1.29 is 17.9 Å². The van der Waals surface area contributed by atoms with Crippen LogP contribution in [0.3, 0.4) is 0 Å². The lowest BCUT2D eigenvalue weighted by Crippen LogP contribution is -2.41. The number of hydrogen-bond donors (Lipinski definition) is 1. The first-order chi connectivity index (χ1) is 9.90. The Morgan fingerprint density at radius 1 is 1.43 bits per heavy atom. The van der Waals surface area contributed by atoms with Crippen molar-refractivity contribution in [2.75, 3.05) is 19.7 Å². The van der Waals surface area contributed by atoms with E-state index < -0.39 is 10.0 Å². The van der Waals surface area contributed by atoms with Crippen LogP contribution in [0.25, 0.3) is 0 Å². The number of amides is 1. The second kappa shape index (κ2) is 6.87. The van der Waals surface area contributed by atoms with Gasteiger partial charge in [0.15, 0.2) is 0 Å². The Labute approximate surface area is 128 Å². The van der Waals surface area contributed by atoms with Gasteiger partial charge in [-0.05, 0) is 31.9 Å². The lowest BCUT2D eigenvalue weighted by molar-refractivity contribution is -0.133. The van der Waals surface area contributed by atoms with Crippen molar-refractivity contribution in [3.8, 4) is 0 Å². The number of piperidine rings is 1. The molecule has 0 radical (unpaired) electrons. The van der Waals surface area contributed by atoms with Gasteiger partial charge in [-0.15, -0.1) is 11.3 Å². The molecule has 1 aromatic heterocycles. The van der Waals surface area contributed by atoms with Gasteiger partial charge >= 0.3 is 0 Å². The summed E-state index contributed by atoms with van der Waals surface area (Å²) in [6.45, 7) is 4.05. The van der Waals surface area contributed by atoms with E-state index in [4.69, 9.17) is 9.88 Å². The van der Waals surface area contributed by atoms with Gasteiger partial charge in [-0.2, -0.15) is 0 Å². The van der Waals surface area contributed by atoms with E-state index in [-0.39, 0.29) is 22.6 Å². The quantitative estimate of drug-likeness (QED) is 0.870. The van der Waals surface area contributed by atoms with Gasteiger partial charge in [-0.25, -0.2) is 13.6 Å². The number of carbonyl (C=O) groups is 1. The van der Waals surface area contributed by atoms with Gasteiger partial charge in [-0.3, -0.25) is 4.79 Å². The molecule has 1 aliphatic heterocycles. The van der Waals surface area contributed by atoms with E-state index in [0.717, 1.165) is 29.1 Å². The van der Waals surface area contributed by atoms with Crippen LogP contribution in [0.1, 0.15) is 24.6 Å². The third-order valence-corrected chi connectivity index (χ3v) is 5.96. The Hall–Kier alpha value is -0.960. The Bertz CT molecular complexity index is 589. The van der Waals surface area contributed by atoms with Crippen LogP contribution in [0.2, 0.25) is 0 Å². The molecule has 2 rings (SSSR count). The topological polar surface area (TPSA) is 89.7 Å². The summed E-state index contributed by atoms with van der Waals surface area (Å²) in [7, 11) is -3.68. The molecule has 1 fully saturated rings. The number of nitrogens with two attached hydrogens (primary N) is 1. The third kappa shape index (κ3) is 4.50. The number of sulfonamides is 1. The predicted molar refractivity (Wildman–Crippen MR) is 80.6 cm³/mol. The zero-order valence-corrected chi connectivity index (χ0v) is 13.6. The maximum atomic E-state index is 12.2. The molecule has 1 saturated heterocycles. The van der Waals surface area contributed by atoms with Crippen LogP contribution in [-0.2, 0) is 26.0 Å². The summed E-state index contributed by atoms with van der Waals surface area (Å²) >= 11 is 1.06. The molecule has 6 nitrogen and oxygen atoms in total. The summed E-state index contributed by atoms with van der Waals surface area (Å²) in [6.07, 6.45) is 2.17. The first kappa shape index (κ1) is 16.4. The van der Waals surface area contributed by atoms with Crippen molar-refractivity contribution in [1.29, 1.82) is 0 Å². The van der Waals surface area contributed by atoms with Gasteiger partial charge in [0.25, 0.3) is 0 Å². The van der Waals surface area contributed by atoms with E-state index in [2.05, 4.69) is 0 Å². The Morgan fingerprint density at radius 2 is 2.10 bits per heavy atom. The molecule has 0 aliphatic carbocycles. The maximum absolute atomic E-state index is 12.2. The van der Waals surface area contributed by atoms with E-state index in [1.54, 1.807) is 6.07 Å². The zero-order valence-electron chi connectivity index (χ0n) is 11.9. The molecule has 0 unspecified atom stereocenters. The highest BCUT2D eigenvalue weighted by molar-refractivity contribution is 7.91. The molecule has 0 aromatic carbocycles. The van der Waals surface area contributed by atoms with Crippen molar-refractivity contribution in [3.05, 3.63) is 17.0 Å². The van der Waals surface area contributed by atoms with Crippen molar-refractivity contribution >= 4 is 27.3 Å². The largest absolute Gasteiger partial charge is 0.378 e. The maximum Gasteiger partial charge on any atom is 0.247 e. The third-order valence-electron chi connectivity index (χ3n) is 3.44. The van der Waals surface area contributed by atoms with Crippen LogP contribution >= 0.6 is 11.3 Å². The lowest BCUT2D eigenvalue weighted by Gasteiger charge is -2.31. The van der Waals surface area contributed by atoms with Crippen LogP contribution < -0.4 is 5.14 Å². The highest BCUT2D eigenvalue weighted by Gasteiger charge is 2.23. The van der Waals surface area contributed by atoms with Crippen molar-refractivity contribution in [1.82, 2.24) is 4.90 Å². The van der Waals surface area contributed by atoms with E-state index in [1.807, 2.05) is 11.8 Å². The fraction of sp³-hybridized carbons (Fsp3) is 0.615. The number of ether oxygens (including phenoxy) is 1. The van der Waals surface area contributed by atoms with Gasteiger partial charge in [0.2, 0.25) is 15.9 Å². The fourth-order valence-electron chi connectivity index (χ4n) is 2.37. The second-order valence-electron chi connectivity index (χ2n) is 4.98. The van der Waals surface area contributed by atoms with E-state index in [1.165, 1.54) is 6.07 Å². The Kier molecular flexibility index (Phi) is 5.37. The number of thiophene rings is 1. The molecule has 8 heteroatoms. The van der Waals surface area contributed by atoms with E-state index >= 15 is 0 Å². The van der Waals surface area contributed by atoms with Crippen LogP contribution in [0.4, 0.5) is 0 Å². The second-order valence-corrected chi connectivity index (χ2v) is 7.93. The Balaban J connectivity index is 1.89. The molecule has 2 heterocycles. The number of rotatable bonds is 5. The van der Waals surface area contributed by atoms with Gasteiger partial charge in [-0.1, -0.05) is 0 Å². The van der Waals surface area contributed by atoms with Gasteiger partial charge in [0, 0.05) is 24.6 Å². The molecular weight excluding hydrogens is 312 g/mol. The normalized spacial score (nSPS) is 17.1. The molecule has 1 amide bonds. The fourth-order valence-corrected chi connectivity index (χ4v) is 4.14. The summed E-state index contributed by atoms with van der Waals surface area (Å²) in [6, 6.07) is 3.10. The van der Waals surface area contributed by atoms with Gasteiger partial charge in [0.05, 0.1) is 12.5 Å². The molecule has 1 aromatic rings. The molecule has 0 spiro atoms. The molecule has 118 valence electrons. The van der Waals surface area contributed by atoms with Gasteiger partial charge in [0.1, 0.15) is 4.21 Å². The minimum absolute atomic E-state index is 0.0211. The summed E-state index contributed by atoms with van der Waals surface area (Å²) in [5.74, 6) is 0.0211. The number of primary sulfonamides is 1. The molecular formula is C13H20N2O4S2. The molecule has 0 bridgehead atoms. The highest BCUT2D eigenvalue weighted by Crippen LogP contribution is 2.22. The smallest absolute Gasteiger partial charge is 0.247 e. The predicted octanol–water partition coefficient (Wildman–Crippen LogP) is 0.966. The van der Waals surface area contributed by atoms with Crippen molar-refractivity contribution in [3.63, 3.8) is 0 Å². The number of likely N-dealkylation sites (tertiary alicyclic amines) is 1. The average Bonchev–Trinajstić information content (AvgIpc) is 2.88. The minimum Gasteiger partial charge on any atom is -0.378 e. The molecule has 21 heavy (non-hydrogen) atoms. The molecule has 0 saturated carbocycles. The monoisotopic (exact) mass is 332 g/mol. The number of nitrogens with zero attached hydrogens (tertiary/aromatic N) is 1. The van der Waals surface area contributed by atoms with Crippen LogP contribution in [0.15, 0.2) is 16.3 Å².